The monoisotopic (exact) mass is 620 g/mol. The van der Waals surface area contributed by atoms with Crippen molar-refractivity contribution in [1.29, 1.82) is 0 Å². The number of aliphatic hydroxyl groups excluding tert-OH is 1. The molecule has 234 valence electrons. The Morgan fingerprint density at radius 2 is 2.02 bits per heavy atom. The van der Waals surface area contributed by atoms with E-state index < -0.39 is 24.1 Å². The predicted molar refractivity (Wildman–Crippen MR) is 167 cm³/mol. The minimum atomic E-state index is -2.15. The fourth-order valence-corrected chi connectivity index (χ4v) is 8.43. The molecule has 7 rings (SSSR count). The highest BCUT2D eigenvalue weighted by Gasteiger charge is 2.47. The lowest BCUT2D eigenvalue weighted by atomic mass is 9.68. The molecular formula is C35H41ClN2O6. The van der Waals surface area contributed by atoms with Gasteiger partial charge in [-0.3, -0.25) is 4.79 Å². The first-order valence-electron chi connectivity index (χ1n) is 16.0. The third-order valence-electron chi connectivity index (χ3n) is 11.0. The topological polar surface area (TPSA) is 99.5 Å². The summed E-state index contributed by atoms with van der Waals surface area (Å²) in [7, 11) is 1.23. The molecule has 0 radical (unpaired) electrons. The first kappa shape index (κ1) is 29.6. The Balaban J connectivity index is 1.33. The number of aliphatic hydroxyl groups is 2. The minimum Gasteiger partial charge on any atom is -0.490 e. The molecule has 1 amide bonds. The third kappa shape index (κ3) is 4.99. The van der Waals surface area contributed by atoms with Gasteiger partial charge in [0.25, 0.3) is 0 Å². The van der Waals surface area contributed by atoms with Crippen molar-refractivity contribution in [2.24, 2.45) is 11.8 Å². The van der Waals surface area contributed by atoms with Crippen molar-refractivity contribution in [1.82, 2.24) is 4.90 Å². The van der Waals surface area contributed by atoms with Crippen LogP contribution < -0.4 is 9.64 Å². The maximum Gasteiger partial charge on any atom is 0.343 e. The summed E-state index contributed by atoms with van der Waals surface area (Å²) in [6, 6.07) is 11.5. The van der Waals surface area contributed by atoms with Gasteiger partial charge in [0.1, 0.15) is 5.75 Å². The van der Waals surface area contributed by atoms with E-state index in [1.807, 2.05) is 30.4 Å². The molecule has 9 heteroatoms. The number of fused-ring (bicyclic) bond motifs is 5. The molecule has 1 spiro atoms. The molecule has 2 N–H and O–H groups in total. The lowest BCUT2D eigenvalue weighted by Gasteiger charge is -2.45. The lowest BCUT2D eigenvalue weighted by Crippen LogP contribution is -2.53. The first-order valence-corrected chi connectivity index (χ1v) is 16.3. The molecule has 8 nitrogen and oxygen atoms in total. The number of hydrogen-bond donors (Lipinski definition) is 2. The minimum absolute atomic E-state index is 0.0154. The number of halogens is 1. The number of carbonyl (C=O) groups is 2. The van der Waals surface area contributed by atoms with Gasteiger partial charge in [0.2, 0.25) is 5.91 Å². The maximum absolute atomic E-state index is 13.5. The molecule has 44 heavy (non-hydrogen) atoms. The van der Waals surface area contributed by atoms with E-state index in [0.717, 1.165) is 49.2 Å². The summed E-state index contributed by atoms with van der Waals surface area (Å²) >= 11 is 6.41. The van der Waals surface area contributed by atoms with E-state index in [1.165, 1.54) is 18.2 Å². The number of rotatable bonds is 1. The van der Waals surface area contributed by atoms with Gasteiger partial charge >= 0.3 is 5.97 Å². The normalized spacial score (nSPS) is 33.9. The number of methoxy groups -OCH3 is 1. The molecule has 2 aliphatic carbocycles. The number of anilines is 1. The van der Waals surface area contributed by atoms with E-state index in [1.54, 1.807) is 11.0 Å². The summed E-state index contributed by atoms with van der Waals surface area (Å²) in [5.74, 6) is -0.0841. The van der Waals surface area contributed by atoms with Crippen molar-refractivity contribution in [2.75, 3.05) is 38.3 Å². The Kier molecular flexibility index (Phi) is 7.66. The summed E-state index contributed by atoms with van der Waals surface area (Å²) < 4.78 is 11.7. The zero-order valence-corrected chi connectivity index (χ0v) is 26.0. The average Bonchev–Trinajstić information content (AvgIpc) is 3.12. The molecule has 3 heterocycles. The molecule has 2 fully saturated rings. The van der Waals surface area contributed by atoms with Crippen LogP contribution in [0.25, 0.3) is 0 Å². The van der Waals surface area contributed by atoms with Gasteiger partial charge in [0, 0.05) is 36.1 Å². The molecule has 6 atom stereocenters. The van der Waals surface area contributed by atoms with Crippen LogP contribution in [0.15, 0.2) is 48.6 Å². The summed E-state index contributed by atoms with van der Waals surface area (Å²) in [6.07, 6.45) is 9.31. The molecule has 5 unspecified atom stereocenters. The van der Waals surface area contributed by atoms with Gasteiger partial charge in [-0.25, -0.2) is 4.79 Å². The van der Waals surface area contributed by atoms with Gasteiger partial charge in [0.15, 0.2) is 5.60 Å². The summed E-state index contributed by atoms with van der Waals surface area (Å²) in [5.41, 5.74) is 1.16. The fourth-order valence-electron chi connectivity index (χ4n) is 8.24. The van der Waals surface area contributed by atoms with Crippen molar-refractivity contribution in [3.05, 3.63) is 70.3 Å². The highest BCUT2D eigenvalue weighted by Crippen LogP contribution is 2.47. The number of nitrogens with zero attached hydrogens (tertiary/aromatic N) is 2. The SMILES string of the molecule is COC(=O)C1(O)CC(=O)N2CC[C@H]2C/C=C/C(O)C2CCC2CN2CC3(CCCc4cc(Cl)ccc43)COc3ccc1cc32. The van der Waals surface area contributed by atoms with Crippen molar-refractivity contribution >= 4 is 29.2 Å². The molecule has 1 saturated heterocycles. The largest absolute Gasteiger partial charge is 0.490 e. The van der Waals surface area contributed by atoms with Crippen LogP contribution in [-0.2, 0) is 31.8 Å². The van der Waals surface area contributed by atoms with Crippen LogP contribution in [0.5, 0.6) is 5.75 Å². The Morgan fingerprint density at radius 3 is 2.77 bits per heavy atom. The van der Waals surface area contributed by atoms with Crippen molar-refractivity contribution in [2.45, 2.75) is 74.5 Å². The summed E-state index contributed by atoms with van der Waals surface area (Å²) in [5, 5.41) is 23.9. The zero-order valence-electron chi connectivity index (χ0n) is 25.2. The van der Waals surface area contributed by atoms with E-state index in [4.69, 9.17) is 21.1 Å². The number of esters is 1. The van der Waals surface area contributed by atoms with Gasteiger partial charge in [-0.15, -0.1) is 0 Å². The smallest absolute Gasteiger partial charge is 0.343 e. The second kappa shape index (κ2) is 11.4. The molecule has 3 aliphatic heterocycles. The molecule has 1 saturated carbocycles. The van der Waals surface area contributed by atoms with Gasteiger partial charge in [0.05, 0.1) is 31.9 Å². The highest BCUT2D eigenvalue weighted by atomic mass is 35.5. The second-order valence-corrected chi connectivity index (χ2v) is 13.9. The van der Waals surface area contributed by atoms with Gasteiger partial charge in [-0.05, 0) is 97.7 Å². The molecular weight excluding hydrogens is 580 g/mol. The van der Waals surface area contributed by atoms with Gasteiger partial charge in [-0.1, -0.05) is 35.9 Å². The van der Waals surface area contributed by atoms with Crippen LogP contribution in [0.4, 0.5) is 5.69 Å². The predicted octanol–water partition coefficient (Wildman–Crippen LogP) is 4.51. The van der Waals surface area contributed by atoms with Gasteiger partial charge < -0.3 is 29.5 Å². The second-order valence-electron chi connectivity index (χ2n) is 13.5. The number of aryl methyl sites for hydroxylation is 1. The van der Waals surface area contributed by atoms with E-state index >= 15 is 0 Å². The number of carbonyl (C=O) groups excluding carboxylic acids is 2. The zero-order chi connectivity index (χ0) is 30.6. The summed E-state index contributed by atoms with van der Waals surface area (Å²) in [6.45, 7) is 2.44. The van der Waals surface area contributed by atoms with Crippen LogP contribution >= 0.6 is 11.6 Å². The molecule has 2 bridgehead atoms. The quantitative estimate of drug-likeness (QED) is 0.357. The Hall–Kier alpha value is -3.07. The van der Waals surface area contributed by atoms with Crippen molar-refractivity contribution in [3.63, 3.8) is 0 Å². The van der Waals surface area contributed by atoms with Crippen LogP contribution in [0.1, 0.15) is 61.6 Å². The van der Waals surface area contributed by atoms with Gasteiger partial charge in [-0.2, -0.15) is 0 Å². The fraction of sp³-hybridized carbons (Fsp3) is 0.543. The van der Waals surface area contributed by atoms with E-state index in [-0.39, 0.29) is 29.2 Å². The average molecular weight is 621 g/mol. The molecule has 0 aromatic heterocycles. The molecule has 2 aromatic carbocycles. The van der Waals surface area contributed by atoms with Crippen LogP contribution in [0.3, 0.4) is 0 Å². The lowest BCUT2D eigenvalue weighted by molar-refractivity contribution is -0.169. The standard InChI is InChI=1S/C35H41ClN2O6/c1-43-33(41)35(42)18-32(40)38-15-13-26(38)5-2-6-30(39)27-10-7-23(27)19-37-20-34(21-44-31-12-8-24(35)17-29(31)37)14-3-4-22-16-25(36)9-11-28(22)34/h2,6,8-9,11-12,16-17,23,26-27,30,39,42H,3-5,7,10,13-15,18-21H2,1H3/b6-2+/t23?,26-,27?,30?,34?,35?/m1/s1. The van der Waals surface area contributed by atoms with Crippen molar-refractivity contribution < 1.29 is 29.3 Å². The molecule has 2 aromatic rings. The van der Waals surface area contributed by atoms with E-state index in [0.29, 0.717) is 44.0 Å². The highest BCUT2D eigenvalue weighted by molar-refractivity contribution is 6.30. The van der Waals surface area contributed by atoms with Crippen LogP contribution in [0.2, 0.25) is 5.02 Å². The van der Waals surface area contributed by atoms with Crippen LogP contribution in [-0.4, -0.2) is 72.5 Å². The Morgan fingerprint density at radius 1 is 1.16 bits per heavy atom. The maximum atomic E-state index is 13.5. The first-order chi connectivity index (χ1) is 21.2. The van der Waals surface area contributed by atoms with E-state index in [2.05, 4.69) is 17.0 Å². The number of amides is 1. The number of hydrogen-bond acceptors (Lipinski definition) is 7. The third-order valence-corrected chi connectivity index (χ3v) is 11.3. The van der Waals surface area contributed by atoms with Crippen LogP contribution in [0, 0.1) is 11.8 Å². The Labute approximate surface area is 263 Å². The number of ether oxygens (including phenoxy) is 2. The summed E-state index contributed by atoms with van der Waals surface area (Å²) in [4.78, 5) is 30.8. The Bertz CT molecular complexity index is 1500. The van der Waals surface area contributed by atoms with E-state index in [9.17, 15) is 19.8 Å². The molecule has 5 aliphatic rings. The van der Waals surface area contributed by atoms with Crippen molar-refractivity contribution in [3.8, 4) is 5.75 Å². The number of benzene rings is 2.